The molecule has 0 saturated carbocycles. The minimum absolute atomic E-state index is 0.107. The molecular weight excluding hydrogens is 321 g/mol. The van der Waals surface area contributed by atoms with Crippen LogP contribution < -0.4 is 5.73 Å². The Labute approximate surface area is 142 Å². The van der Waals surface area contributed by atoms with Crippen LogP contribution in [0.2, 0.25) is 0 Å². The number of nitrogens with two attached hydrogens (primary N) is 1. The van der Waals surface area contributed by atoms with Gasteiger partial charge in [-0.1, -0.05) is 24.3 Å². The van der Waals surface area contributed by atoms with E-state index >= 15 is 0 Å². The minimum atomic E-state index is -0.634. The van der Waals surface area contributed by atoms with E-state index in [1.54, 1.807) is 12.1 Å². The number of halogens is 1. The first kappa shape index (κ1) is 15.1. The molecule has 2 aromatic carbocycles. The molecule has 0 unspecified atom stereocenters. The summed E-state index contributed by atoms with van der Waals surface area (Å²) in [4.78, 5) is 11.5. The Kier molecular flexibility index (Phi) is 3.53. The van der Waals surface area contributed by atoms with Crippen molar-refractivity contribution >= 4 is 16.8 Å². The number of carbonyl (C=O) groups excluding carboxylic acids is 1. The van der Waals surface area contributed by atoms with Gasteiger partial charge in [-0.2, -0.15) is 15.4 Å². The van der Waals surface area contributed by atoms with Crippen LogP contribution in [0.4, 0.5) is 4.39 Å². The average Bonchev–Trinajstić information content (AvgIpc) is 3.24. The van der Waals surface area contributed by atoms with Crippen LogP contribution in [0.3, 0.4) is 0 Å². The van der Waals surface area contributed by atoms with Gasteiger partial charge in [-0.25, -0.2) is 4.39 Å². The fourth-order valence-electron chi connectivity index (χ4n) is 2.86. The van der Waals surface area contributed by atoms with E-state index in [2.05, 4.69) is 20.0 Å². The third-order valence-corrected chi connectivity index (χ3v) is 4.09. The molecule has 4 rings (SSSR count). The van der Waals surface area contributed by atoms with Crippen molar-refractivity contribution < 1.29 is 9.18 Å². The summed E-state index contributed by atoms with van der Waals surface area (Å²) in [5.41, 5.74) is 8.57. The number of amides is 1. The Bertz CT molecular complexity index is 1060. The maximum absolute atomic E-state index is 13.1. The largest absolute Gasteiger partial charge is 0.364 e. The number of H-pyrrole nitrogens is 1. The normalized spacial score (nSPS) is 11.1. The predicted octanol–water partition coefficient (Wildman–Crippen LogP) is 2.71. The SMILES string of the molecule is NC(=O)c1n[nH]nc1-c1ccc2ccn(Cc3ccc(F)cc3)c2c1. The molecule has 3 N–H and O–H groups in total. The van der Waals surface area contributed by atoms with Gasteiger partial charge < -0.3 is 10.3 Å². The quantitative estimate of drug-likeness (QED) is 0.601. The third-order valence-electron chi connectivity index (χ3n) is 4.09. The lowest BCUT2D eigenvalue weighted by Gasteiger charge is -2.07. The van der Waals surface area contributed by atoms with Crippen molar-refractivity contribution in [1.29, 1.82) is 0 Å². The Morgan fingerprint density at radius 1 is 1.12 bits per heavy atom. The van der Waals surface area contributed by atoms with E-state index in [0.29, 0.717) is 12.2 Å². The maximum atomic E-state index is 13.1. The number of nitrogens with one attached hydrogen (secondary N) is 1. The van der Waals surface area contributed by atoms with Gasteiger partial charge in [0.05, 0.1) is 0 Å². The molecular formula is C18H14FN5O. The number of carbonyl (C=O) groups is 1. The fraction of sp³-hybridized carbons (Fsp3) is 0.0556. The highest BCUT2D eigenvalue weighted by atomic mass is 19.1. The van der Waals surface area contributed by atoms with Crippen LogP contribution in [-0.4, -0.2) is 25.9 Å². The lowest BCUT2D eigenvalue weighted by Crippen LogP contribution is -2.12. The van der Waals surface area contributed by atoms with Crippen LogP contribution in [0.25, 0.3) is 22.2 Å². The molecule has 0 aliphatic rings. The van der Waals surface area contributed by atoms with Gasteiger partial charge in [0, 0.05) is 23.8 Å². The van der Waals surface area contributed by atoms with Crippen molar-refractivity contribution in [1.82, 2.24) is 20.0 Å². The van der Waals surface area contributed by atoms with Crippen LogP contribution in [-0.2, 0) is 6.54 Å². The molecule has 2 heterocycles. The second-order valence-electron chi connectivity index (χ2n) is 5.73. The van der Waals surface area contributed by atoms with E-state index in [0.717, 1.165) is 22.0 Å². The number of hydrogen-bond acceptors (Lipinski definition) is 3. The lowest BCUT2D eigenvalue weighted by atomic mass is 10.1. The Hall–Kier alpha value is -3.48. The van der Waals surface area contributed by atoms with Crippen LogP contribution in [0.15, 0.2) is 54.7 Å². The third kappa shape index (κ3) is 2.76. The molecule has 0 saturated heterocycles. The zero-order valence-corrected chi connectivity index (χ0v) is 13.1. The van der Waals surface area contributed by atoms with Crippen LogP contribution in [0.5, 0.6) is 0 Å². The molecule has 0 aliphatic carbocycles. The number of aromatic amines is 1. The summed E-state index contributed by atoms with van der Waals surface area (Å²) in [5, 5.41) is 11.3. The highest BCUT2D eigenvalue weighted by Crippen LogP contribution is 2.26. The van der Waals surface area contributed by atoms with E-state index in [1.807, 2.05) is 30.5 Å². The molecule has 4 aromatic rings. The Morgan fingerprint density at radius 2 is 1.92 bits per heavy atom. The van der Waals surface area contributed by atoms with E-state index in [4.69, 9.17) is 5.73 Å². The van der Waals surface area contributed by atoms with Gasteiger partial charge in [-0.3, -0.25) is 4.79 Å². The zero-order chi connectivity index (χ0) is 17.4. The predicted molar refractivity (Wildman–Crippen MR) is 91.3 cm³/mol. The zero-order valence-electron chi connectivity index (χ0n) is 13.1. The summed E-state index contributed by atoms with van der Waals surface area (Å²) in [7, 11) is 0. The second-order valence-corrected chi connectivity index (χ2v) is 5.73. The van der Waals surface area contributed by atoms with Gasteiger partial charge in [0.15, 0.2) is 5.69 Å². The number of nitrogens with zero attached hydrogens (tertiary/aromatic N) is 3. The van der Waals surface area contributed by atoms with Gasteiger partial charge in [0.1, 0.15) is 11.5 Å². The highest BCUT2D eigenvalue weighted by molar-refractivity contribution is 5.97. The monoisotopic (exact) mass is 335 g/mol. The molecule has 1 amide bonds. The van der Waals surface area contributed by atoms with Gasteiger partial charge >= 0.3 is 0 Å². The summed E-state index contributed by atoms with van der Waals surface area (Å²) < 4.78 is 15.1. The van der Waals surface area contributed by atoms with Crippen molar-refractivity contribution in [2.75, 3.05) is 0 Å². The van der Waals surface area contributed by atoms with Crippen molar-refractivity contribution in [3.8, 4) is 11.3 Å². The fourth-order valence-corrected chi connectivity index (χ4v) is 2.86. The van der Waals surface area contributed by atoms with Gasteiger partial charge in [-0.15, -0.1) is 0 Å². The first-order valence-electron chi connectivity index (χ1n) is 7.66. The molecule has 7 heteroatoms. The molecule has 2 aromatic heterocycles. The van der Waals surface area contributed by atoms with Crippen LogP contribution in [0, 0.1) is 5.82 Å². The number of benzene rings is 2. The van der Waals surface area contributed by atoms with Crippen molar-refractivity contribution in [3.05, 3.63) is 71.8 Å². The van der Waals surface area contributed by atoms with Gasteiger partial charge in [0.2, 0.25) is 0 Å². The molecule has 124 valence electrons. The lowest BCUT2D eigenvalue weighted by molar-refractivity contribution is 0.0996. The number of primary amides is 1. The van der Waals surface area contributed by atoms with Gasteiger partial charge in [-0.05, 0) is 35.2 Å². The molecule has 0 spiro atoms. The minimum Gasteiger partial charge on any atom is -0.364 e. The average molecular weight is 335 g/mol. The summed E-state index contributed by atoms with van der Waals surface area (Å²) in [6.07, 6.45) is 1.97. The Balaban J connectivity index is 1.76. The van der Waals surface area contributed by atoms with Crippen LogP contribution in [0.1, 0.15) is 16.1 Å². The summed E-state index contributed by atoms with van der Waals surface area (Å²) >= 11 is 0. The topological polar surface area (TPSA) is 89.6 Å². The molecule has 0 radical (unpaired) electrons. The van der Waals surface area contributed by atoms with Crippen molar-refractivity contribution in [3.63, 3.8) is 0 Å². The second kappa shape index (κ2) is 5.86. The Morgan fingerprint density at radius 3 is 2.68 bits per heavy atom. The maximum Gasteiger partial charge on any atom is 0.271 e. The summed E-state index contributed by atoms with van der Waals surface area (Å²) in [6.45, 7) is 0.606. The standard InChI is InChI=1S/C18H14FN5O/c19-14-5-1-11(2-6-14)10-24-8-7-12-3-4-13(9-15(12)24)16-17(18(20)25)22-23-21-16/h1-9H,10H2,(H2,20,25)(H,21,22,23). The number of fused-ring (bicyclic) bond motifs is 1. The molecule has 0 atom stereocenters. The highest BCUT2D eigenvalue weighted by Gasteiger charge is 2.16. The number of rotatable bonds is 4. The smallest absolute Gasteiger partial charge is 0.271 e. The van der Waals surface area contributed by atoms with E-state index in [-0.39, 0.29) is 11.5 Å². The first-order valence-corrected chi connectivity index (χ1v) is 7.66. The molecule has 0 fully saturated rings. The summed E-state index contributed by atoms with van der Waals surface area (Å²) in [6, 6.07) is 14.2. The molecule has 0 bridgehead atoms. The number of hydrogen-bond donors (Lipinski definition) is 2. The molecule has 0 aliphatic heterocycles. The van der Waals surface area contributed by atoms with E-state index < -0.39 is 5.91 Å². The van der Waals surface area contributed by atoms with Crippen LogP contribution >= 0.6 is 0 Å². The van der Waals surface area contributed by atoms with E-state index in [9.17, 15) is 9.18 Å². The van der Waals surface area contributed by atoms with Crippen molar-refractivity contribution in [2.24, 2.45) is 5.73 Å². The molecule has 25 heavy (non-hydrogen) atoms. The van der Waals surface area contributed by atoms with Crippen molar-refractivity contribution in [2.45, 2.75) is 6.54 Å². The summed E-state index contributed by atoms with van der Waals surface area (Å²) in [5.74, 6) is -0.890. The van der Waals surface area contributed by atoms with E-state index in [1.165, 1.54) is 12.1 Å². The molecule has 6 nitrogen and oxygen atoms in total. The van der Waals surface area contributed by atoms with Gasteiger partial charge in [0.25, 0.3) is 5.91 Å². The number of aromatic nitrogens is 4. The first-order chi connectivity index (χ1) is 12.1.